The van der Waals surface area contributed by atoms with Crippen LogP contribution >= 0.6 is 11.6 Å². The summed E-state index contributed by atoms with van der Waals surface area (Å²) in [6.07, 6.45) is 20.5. The lowest BCUT2D eigenvalue weighted by atomic mass is 10.0. The highest BCUT2D eigenvalue weighted by Gasteiger charge is 2.30. The number of carbonyl (C=O) groups excluding carboxylic acids is 7. The average Bonchev–Trinajstić information content (AvgIpc) is 0.829. The minimum atomic E-state index is -1.00. The zero-order valence-corrected chi connectivity index (χ0v) is 83.6. The van der Waals surface area contributed by atoms with E-state index in [9.17, 15) is 60.3 Å². The molecule has 32 nitrogen and oxygen atoms in total. The maximum Gasteiger partial charge on any atom is 0.410 e. The van der Waals surface area contributed by atoms with Gasteiger partial charge in [-0.1, -0.05) is 14.9 Å². The van der Waals surface area contributed by atoms with Crippen molar-refractivity contribution in [3.63, 3.8) is 0 Å². The number of aromatic nitrogens is 12. The third kappa shape index (κ3) is 36.1. The van der Waals surface area contributed by atoms with Gasteiger partial charge in [-0.2, -0.15) is 0 Å². The number of halogens is 6. The van der Waals surface area contributed by atoms with Crippen LogP contribution in [-0.4, -0.2) is 249 Å². The van der Waals surface area contributed by atoms with Gasteiger partial charge in [-0.25, -0.2) is 51.9 Å². The summed E-state index contributed by atoms with van der Waals surface area (Å²) in [4.78, 5) is 158. The molecule has 4 saturated heterocycles. The van der Waals surface area contributed by atoms with Gasteiger partial charge in [0.05, 0.1) is 14.1 Å². The Bertz CT molecular complexity index is 6370. The van der Waals surface area contributed by atoms with Crippen LogP contribution in [0.15, 0.2) is 196 Å². The standard InChI is InChI=1S/C28H32FN5O3.C25H26FN5O2.C23H24FN5O.C15H21N3O4.C12H12FN3.C2H3ClO.CH3F.2CH4/c1-19-15-21(9-10-30-19)26-23(29)16-20(17-32-26)5-7-24(35)22-6-8-25(31-18-22)33-11-13-34(14-12-33)27(36)37-28(2,3)4;1-17-13-20(7-8-27-17)25-22(26)14-19(15-29-25)3-5-23(33)21-4-6-24(28-16-21)31-11-9-30(10-12-31)18(2)32;1-16-12-18(6-7-26-16)23-20(24)13-17(14-28-23)2-4-21(30)19-3-5-22(27-15-19)29-10-8-25-9-11-29;1-15(2,3)22-14(21)18-8-6-17(7-9-18)12-5-4-11(10-16-12)13(19)20;1-8-4-10(2-3-15-8)12-11(13)5-9(6-14)7-16-12;1-2(3)4;1-2;;/h6,8-10,15-18H,5,7,11-14H2,1-4H3;4,6-8,13-16H,3,5,9-12H2,1-2H3;3,5-7,12-15,25H,2,4,8-11H2,1H3;4-5,10H,6-9H2,1-3H3,(H,19,20);2-5,7H,6,14H2,1H3;1H3;1H3;2*1H4/i;;;;;;1D;;. The van der Waals surface area contributed by atoms with Crippen molar-refractivity contribution in [3.05, 3.63) is 286 Å². The molecule has 0 unspecified atom stereocenters. The second-order valence-electron chi connectivity index (χ2n) is 35.9. The molecule has 16 rings (SSSR count). The van der Waals surface area contributed by atoms with Crippen molar-refractivity contribution >= 4 is 81.5 Å². The number of alkyl halides is 1. The van der Waals surface area contributed by atoms with E-state index >= 15 is 0 Å². The molecule has 12 aromatic rings. The van der Waals surface area contributed by atoms with Crippen molar-refractivity contribution in [3.8, 4) is 45.0 Å². The van der Waals surface area contributed by atoms with Crippen LogP contribution in [0.2, 0.25) is 0 Å². The Morgan fingerprint density at radius 2 is 0.637 bits per heavy atom. The number of Topliss-reactive ketones (excluding diaryl/α,β-unsaturated/α-hetero) is 3. The van der Waals surface area contributed by atoms with E-state index in [1.54, 1.807) is 152 Å². The van der Waals surface area contributed by atoms with E-state index in [0.717, 1.165) is 72.0 Å². The predicted octanol–water partition coefficient (Wildman–Crippen LogP) is 18.1. The molecule has 0 saturated carbocycles. The maximum atomic E-state index is 14.7. The molecule has 146 heavy (non-hydrogen) atoms. The molecule has 0 spiro atoms. The number of hydrogen-bond donors (Lipinski definition) is 3. The second-order valence-corrected chi connectivity index (χ2v) is 36.5. The fraction of sp³-hybridized carbons (Fsp3) is 0.370. The van der Waals surface area contributed by atoms with Crippen molar-refractivity contribution < 1.29 is 76.3 Å². The molecule has 4 N–H and O–H groups in total. The second kappa shape index (κ2) is 56.3. The molecule has 0 aromatic carbocycles. The number of rotatable bonds is 22. The van der Waals surface area contributed by atoms with Crippen molar-refractivity contribution in [1.29, 1.82) is 0 Å². The Hall–Kier alpha value is -15.0. The Morgan fingerprint density at radius 3 is 0.870 bits per heavy atom. The summed E-state index contributed by atoms with van der Waals surface area (Å²) in [5, 5.41) is 11.8. The molecular formula is C108H129ClF5N21O11. The number of piperazine rings is 4. The number of hydrogen-bond acceptors (Lipinski definition) is 28. The number of nitrogens with one attached hydrogen (secondary N) is 1. The van der Waals surface area contributed by atoms with Gasteiger partial charge < -0.3 is 59.9 Å². The number of aromatic carboxylic acids is 1. The normalized spacial score (nSPS) is 13.3. The summed E-state index contributed by atoms with van der Waals surface area (Å²) >= 11 is 4.64. The Kier molecular flexibility index (Phi) is 44.2. The smallest absolute Gasteiger partial charge is 0.410 e. The number of amides is 3. The quantitative estimate of drug-likeness (QED) is 0.0322. The van der Waals surface area contributed by atoms with Crippen molar-refractivity contribution in [1.82, 2.24) is 79.8 Å². The third-order valence-electron chi connectivity index (χ3n) is 22.6. The molecule has 0 bridgehead atoms. The minimum absolute atomic E-state index is 0. The van der Waals surface area contributed by atoms with E-state index in [1.807, 2.05) is 103 Å². The van der Waals surface area contributed by atoms with Gasteiger partial charge in [0, 0.05) is 280 Å². The highest BCUT2D eigenvalue weighted by atomic mass is 35.5. The van der Waals surface area contributed by atoms with Crippen LogP contribution in [0.25, 0.3) is 45.0 Å². The third-order valence-corrected chi connectivity index (χ3v) is 22.6. The first-order chi connectivity index (χ1) is 69.2. The SMILES string of the molecule is C.C.CC(=O)Cl.CC(=O)N1CCN(c2ccc(C(=O)CCc3cnc(-c4ccnc(C)c4)c(F)c3)cn2)CC1.CC(C)(C)OC(=O)N1CCN(c2ccc(C(=O)O)cn2)CC1.Cc1cc(-c2ncc(CCC(=O)c3ccc(N4CCN(C(=O)OC(C)(C)C)CC4)nc3)cc2F)ccn1.Cc1cc(-c2ncc(CCC(=O)c3ccc(N4CCNCC4)nc3)cc2F)ccn1.Cc1cc(-c2ncc(CN)cc2F)ccn1.[2H]CF. The number of carboxylic acid groups (broad SMARTS) is 1. The summed E-state index contributed by atoms with van der Waals surface area (Å²) in [5.74, 6) is 0.536. The number of anilines is 4. The molecule has 4 aliphatic heterocycles. The topological polar surface area (TPSA) is 391 Å². The summed E-state index contributed by atoms with van der Waals surface area (Å²) in [5.41, 5.74) is 16.1. The highest BCUT2D eigenvalue weighted by molar-refractivity contribution is 6.62. The lowest BCUT2D eigenvalue weighted by Crippen LogP contribution is -2.50. The van der Waals surface area contributed by atoms with E-state index in [-0.39, 0.29) is 97.6 Å². The summed E-state index contributed by atoms with van der Waals surface area (Å²) in [6.45, 7) is 32.8. The van der Waals surface area contributed by atoms with Crippen LogP contribution in [0.3, 0.4) is 0 Å². The van der Waals surface area contributed by atoms with Crippen molar-refractivity contribution in [2.45, 2.75) is 154 Å². The average molecular weight is 2030 g/mol. The van der Waals surface area contributed by atoms with Crippen LogP contribution in [0.5, 0.6) is 0 Å². The van der Waals surface area contributed by atoms with Gasteiger partial charge in [-0.15, -0.1) is 0 Å². The van der Waals surface area contributed by atoms with Crippen LogP contribution < -0.4 is 30.7 Å². The summed E-state index contributed by atoms with van der Waals surface area (Å²) in [6, 6.07) is 34.0. The van der Waals surface area contributed by atoms with E-state index in [2.05, 4.69) is 91.4 Å². The number of carboxylic acids is 1. The Labute approximate surface area is 855 Å². The molecule has 4 fully saturated rings. The van der Waals surface area contributed by atoms with Gasteiger partial charge in [0.25, 0.3) is 0 Å². The van der Waals surface area contributed by atoms with E-state index in [1.165, 1.54) is 43.5 Å². The van der Waals surface area contributed by atoms with E-state index in [0.29, 0.717) is 177 Å². The number of ketones is 3. The first-order valence-electron chi connectivity index (χ1n) is 47.5. The zero-order chi connectivity index (χ0) is 105. The lowest BCUT2D eigenvalue weighted by molar-refractivity contribution is -0.129. The first-order valence-corrected chi connectivity index (χ1v) is 47.2. The van der Waals surface area contributed by atoms with Crippen LogP contribution in [-0.2, 0) is 44.9 Å². The maximum absolute atomic E-state index is 14.7. The molecule has 3 amide bonds. The molecule has 12 aromatic heterocycles. The lowest BCUT2D eigenvalue weighted by Gasteiger charge is -2.36. The number of nitrogens with zero attached hydrogens (tertiary/aromatic N) is 19. The first kappa shape index (κ1) is 115. The minimum Gasteiger partial charge on any atom is -0.478 e. The highest BCUT2D eigenvalue weighted by Crippen LogP contribution is 2.30. The summed E-state index contributed by atoms with van der Waals surface area (Å²) in [7, 11) is -1.00. The molecule has 774 valence electrons. The number of nitrogens with two attached hydrogens (primary N) is 1. The summed E-state index contributed by atoms with van der Waals surface area (Å²) < 4.78 is 83.8. The Balaban J connectivity index is 0.000000224. The van der Waals surface area contributed by atoms with Crippen LogP contribution in [0.1, 0.15) is 177 Å². The molecule has 4 aliphatic rings. The molecule has 38 heteroatoms. The molecule has 0 aliphatic carbocycles. The van der Waals surface area contributed by atoms with E-state index in [4.69, 9.17) is 21.7 Å². The monoisotopic (exact) mass is 2030 g/mol. The molecular weight excluding hydrogens is 1900 g/mol. The van der Waals surface area contributed by atoms with Gasteiger partial charge in [0.15, 0.2) is 17.3 Å². The van der Waals surface area contributed by atoms with Crippen molar-refractivity contribution in [2.24, 2.45) is 5.73 Å². The Morgan fingerprint density at radius 1 is 0.384 bits per heavy atom. The number of ether oxygens (including phenoxy) is 2. The number of aryl methyl sites for hydroxylation is 7. The van der Waals surface area contributed by atoms with E-state index < -0.39 is 41.8 Å². The largest absolute Gasteiger partial charge is 0.478 e. The van der Waals surface area contributed by atoms with Gasteiger partial charge >= 0.3 is 18.2 Å². The van der Waals surface area contributed by atoms with Crippen LogP contribution in [0.4, 0.5) is 54.8 Å². The fourth-order valence-electron chi connectivity index (χ4n) is 15.2. The van der Waals surface area contributed by atoms with Gasteiger partial charge in [0.1, 0.15) is 80.5 Å². The predicted molar refractivity (Wildman–Crippen MR) is 555 cm³/mol. The van der Waals surface area contributed by atoms with Crippen LogP contribution in [0, 0.1) is 51.0 Å². The fourth-order valence-corrected chi connectivity index (χ4v) is 15.2. The number of carbonyl (C=O) groups is 8. The van der Waals surface area contributed by atoms with Gasteiger partial charge in [-0.05, 0) is 244 Å². The van der Waals surface area contributed by atoms with Gasteiger partial charge in [0.2, 0.25) is 11.1 Å². The molecule has 16 heterocycles. The molecule has 0 radical (unpaired) electrons. The van der Waals surface area contributed by atoms with Crippen molar-refractivity contribution in [2.75, 3.05) is 131 Å². The van der Waals surface area contributed by atoms with Gasteiger partial charge in [-0.3, -0.25) is 68.2 Å². The zero-order valence-electron chi connectivity index (χ0n) is 83.8. The molecule has 0 atom stereocenters. The number of pyridine rings is 12.